The zero-order valence-corrected chi connectivity index (χ0v) is 15.2. The summed E-state index contributed by atoms with van der Waals surface area (Å²) in [5, 5.41) is 11.5. The summed E-state index contributed by atoms with van der Waals surface area (Å²) in [6.45, 7) is 1.64. The first-order valence-electron chi connectivity index (χ1n) is 8.11. The van der Waals surface area contributed by atoms with Crippen LogP contribution in [-0.2, 0) is 16.0 Å². The molecule has 0 radical (unpaired) electrons. The minimum Gasteiger partial charge on any atom is -0.481 e. The lowest BCUT2D eigenvalue weighted by atomic mass is 10.1. The number of thioether (sulfide) groups is 1. The molecule has 1 aliphatic heterocycles. The lowest BCUT2D eigenvalue weighted by Gasteiger charge is -2.23. The van der Waals surface area contributed by atoms with Crippen molar-refractivity contribution in [3.05, 3.63) is 53.2 Å². The van der Waals surface area contributed by atoms with E-state index in [1.54, 1.807) is 13.0 Å². The zero-order valence-electron chi connectivity index (χ0n) is 14.4. The number of carboxylic acids is 1. The van der Waals surface area contributed by atoms with Crippen LogP contribution in [0.1, 0.15) is 21.7 Å². The number of carbonyl (C=O) groups is 3. The molecule has 2 aromatic rings. The van der Waals surface area contributed by atoms with Crippen LogP contribution in [0.25, 0.3) is 0 Å². The van der Waals surface area contributed by atoms with E-state index >= 15 is 0 Å². The number of para-hydroxylation sites is 1. The molecule has 9 heteroatoms. The van der Waals surface area contributed by atoms with E-state index in [0.29, 0.717) is 11.3 Å². The van der Waals surface area contributed by atoms with Crippen LogP contribution in [0.2, 0.25) is 0 Å². The molecule has 1 fully saturated rings. The Balaban J connectivity index is 1.81. The van der Waals surface area contributed by atoms with Crippen LogP contribution in [0.3, 0.4) is 0 Å². The van der Waals surface area contributed by atoms with Crippen molar-refractivity contribution in [2.45, 2.75) is 19.4 Å². The Hall–Kier alpha value is -2.81. The van der Waals surface area contributed by atoms with Gasteiger partial charge in [0.15, 0.2) is 0 Å². The number of furan rings is 1. The Bertz CT molecular complexity index is 898. The highest BCUT2D eigenvalue weighted by Gasteiger charge is 2.37. The number of aryl methyl sites for hydroxylation is 1. The van der Waals surface area contributed by atoms with Crippen LogP contribution in [0.15, 0.2) is 34.9 Å². The lowest BCUT2D eigenvalue weighted by Crippen LogP contribution is -2.45. The predicted octanol–water partition coefficient (Wildman–Crippen LogP) is 2.51. The highest BCUT2D eigenvalue weighted by molar-refractivity contribution is 7.99. The van der Waals surface area contributed by atoms with Gasteiger partial charge >= 0.3 is 5.97 Å². The lowest BCUT2D eigenvalue weighted by molar-refractivity contribution is -0.136. The fourth-order valence-corrected chi connectivity index (χ4v) is 3.99. The van der Waals surface area contributed by atoms with Gasteiger partial charge in [0, 0.05) is 11.3 Å². The molecule has 1 saturated heterocycles. The normalized spacial score (nSPS) is 16.4. The summed E-state index contributed by atoms with van der Waals surface area (Å²) in [7, 11) is 0. The first-order chi connectivity index (χ1) is 12.9. The van der Waals surface area contributed by atoms with Gasteiger partial charge in [-0.2, -0.15) is 0 Å². The highest BCUT2D eigenvalue weighted by Crippen LogP contribution is 2.28. The molecule has 1 aliphatic rings. The summed E-state index contributed by atoms with van der Waals surface area (Å²) in [6, 6.07) is 4.98. The van der Waals surface area contributed by atoms with Gasteiger partial charge in [-0.25, -0.2) is 4.39 Å². The maximum absolute atomic E-state index is 13.8. The molecule has 27 heavy (non-hydrogen) atoms. The number of aliphatic carboxylic acids is 1. The molecule has 0 bridgehead atoms. The fourth-order valence-electron chi connectivity index (χ4n) is 2.83. The SMILES string of the molecule is Cc1coc(CC(=O)O)c1C(=O)N1CSCC1C(=O)Nc1ccccc1F. The van der Waals surface area contributed by atoms with E-state index in [2.05, 4.69) is 5.32 Å². The fraction of sp³-hybridized carbons (Fsp3) is 0.278. The molecule has 2 heterocycles. The van der Waals surface area contributed by atoms with Gasteiger partial charge in [-0.15, -0.1) is 11.8 Å². The number of halogens is 1. The minimum absolute atomic E-state index is 0.0397. The van der Waals surface area contributed by atoms with Crippen molar-refractivity contribution in [2.24, 2.45) is 0 Å². The second-order valence-corrected chi connectivity index (χ2v) is 7.05. The summed E-state index contributed by atoms with van der Waals surface area (Å²) in [4.78, 5) is 37.9. The number of hydrogen-bond donors (Lipinski definition) is 2. The third kappa shape index (κ3) is 3.97. The Morgan fingerprint density at radius 3 is 2.81 bits per heavy atom. The van der Waals surface area contributed by atoms with E-state index in [1.807, 2.05) is 0 Å². The molecule has 7 nitrogen and oxygen atoms in total. The average molecular weight is 392 g/mol. The minimum atomic E-state index is -1.12. The smallest absolute Gasteiger partial charge is 0.311 e. The molecule has 0 aliphatic carbocycles. The molecular formula is C18H17FN2O5S. The van der Waals surface area contributed by atoms with Crippen molar-refractivity contribution in [3.8, 4) is 0 Å². The van der Waals surface area contributed by atoms with E-state index in [0.717, 1.165) is 0 Å². The van der Waals surface area contributed by atoms with Gasteiger partial charge in [0.2, 0.25) is 5.91 Å². The predicted molar refractivity (Wildman–Crippen MR) is 97.1 cm³/mol. The monoisotopic (exact) mass is 392 g/mol. The number of nitrogens with one attached hydrogen (secondary N) is 1. The number of nitrogens with zero attached hydrogens (tertiary/aromatic N) is 1. The maximum Gasteiger partial charge on any atom is 0.311 e. The Morgan fingerprint density at radius 1 is 1.37 bits per heavy atom. The molecule has 3 rings (SSSR count). The number of benzene rings is 1. The Labute approximate surface area is 158 Å². The van der Waals surface area contributed by atoms with Crippen molar-refractivity contribution >= 4 is 35.2 Å². The van der Waals surface area contributed by atoms with Crippen molar-refractivity contribution in [3.63, 3.8) is 0 Å². The summed E-state index contributed by atoms with van der Waals surface area (Å²) < 4.78 is 19.0. The Kier molecular flexibility index (Phi) is 5.50. The molecule has 2 N–H and O–H groups in total. The van der Waals surface area contributed by atoms with Crippen molar-refractivity contribution < 1.29 is 28.3 Å². The molecule has 1 aromatic heterocycles. The second kappa shape index (κ2) is 7.83. The summed E-state index contributed by atoms with van der Waals surface area (Å²) in [5.74, 6) is -1.99. The number of amides is 2. The number of carbonyl (C=O) groups excluding carboxylic acids is 2. The first-order valence-corrected chi connectivity index (χ1v) is 9.26. The van der Waals surface area contributed by atoms with Gasteiger partial charge in [0.1, 0.15) is 24.0 Å². The maximum atomic E-state index is 13.8. The molecule has 0 saturated carbocycles. The van der Waals surface area contributed by atoms with Gasteiger partial charge in [0.25, 0.3) is 5.91 Å². The van der Waals surface area contributed by atoms with E-state index in [-0.39, 0.29) is 22.9 Å². The standard InChI is InChI=1S/C18H17FN2O5S/c1-10-7-26-14(6-15(22)23)16(10)18(25)21-9-27-8-13(21)17(24)20-12-5-3-2-4-11(12)19/h2-5,7,13H,6,8-9H2,1H3,(H,20,24)(H,22,23). The number of rotatable bonds is 5. The van der Waals surface area contributed by atoms with Gasteiger partial charge < -0.3 is 19.7 Å². The summed E-state index contributed by atoms with van der Waals surface area (Å²) >= 11 is 1.39. The first kappa shape index (κ1) is 19.0. The highest BCUT2D eigenvalue weighted by atomic mass is 32.2. The third-order valence-corrected chi connectivity index (χ3v) is 5.17. The van der Waals surface area contributed by atoms with E-state index < -0.39 is 36.1 Å². The van der Waals surface area contributed by atoms with Crippen LogP contribution in [0.5, 0.6) is 0 Å². The molecule has 142 valence electrons. The molecule has 1 atom stereocenters. The van der Waals surface area contributed by atoms with Crippen LogP contribution in [-0.4, -0.2) is 45.5 Å². The molecule has 1 unspecified atom stereocenters. The quantitative estimate of drug-likeness (QED) is 0.811. The van der Waals surface area contributed by atoms with Gasteiger partial charge in [0.05, 0.1) is 23.4 Å². The summed E-state index contributed by atoms with van der Waals surface area (Å²) in [6.07, 6.45) is 0.894. The summed E-state index contributed by atoms with van der Waals surface area (Å²) in [5.41, 5.74) is 0.697. The topological polar surface area (TPSA) is 99.8 Å². The number of anilines is 1. The van der Waals surface area contributed by atoms with Crippen molar-refractivity contribution in [1.82, 2.24) is 4.90 Å². The van der Waals surface area contributed by atoms with Crippen LogP contribution < -0.4 is 5.32 Å². The Morgan fingerprint density at radius 2 is 2.11 bits per heavy atom. The van der Waals surface area contributed by atoms with Crippen molar-refractivity contribution in [1.29, 1.82) is 0 Å². The van der Waals surface area contributed by atoms with Gasteiger partial charge in [-0.05, 0) is 19.1 Å². The number of carboxylic acid groups (broad SMARTS) is 1. The van der Waals surface area contributed by atoms with Gasteiger partial charge in [-0.1, -0.05) is 12.1 Å². The average Bonchev–Trinajstić information content (AvgIpc) is 3.23. The second-order valence-electron chi connectivity index (χ2n) is 6.05. The van der Waals surface area contributed by atoms with Crippen LogP contribution in [0, 0.1) is 12.7 Å². The number of hydrogen-bond acceptors (Lipinski definition) is 5. The molecule has 2 amide bonds. The van der Waals surface area contributed by atoms with E-state index in [1.165, 1.54) is 41.1 Å². The van der Waals surface area contributed by atoms with E-state index in [4.69, 9.17) is 9.52 Å². The van der Waals surface area contributed by atoms with Crippen LogP contribution >= 0.6 is 11.8 Å². The largest absolute Gasteiger partial charge is 0.481 e. The van der Waals surface area contributed by atoms with Gasteiger partial charge in [-0.3, -0.25) is 14.4 Å². The van der Waals surface area contributed by atoms with E-state index in [9.17, 15) is 18.8 Å². The molecule has 0 spiro atoms. The molecular weight excluding hydrogens is 375 g/mol. The zero-order chi connectivity index (χ0) is 19.6. The van der Waals surface area contributed by atoms with Crippen molar-refractivity contribution in [2.75, 3.05) is 16.9 Å². The third-order valence-electron chi connectivity index (χ3n) is 4.15. The molecule has 1 aromatic carbocycles. The van der Waals surface area contributed by atoms with Crippen LogP contribution in [0.4, 0.5) is 10.1 Å².